The SMILES string of the molecule is O=C(NSc1ccn(-c2ccccc2)n1)Nc1c2c(cc3c1CCC3)CCC2. The average molecular weight is 391 g/mol. The Bertz CT molecular complexity index is 996. The van der Waals surface area contributed by atoms with E-state index in [1.807, 2.05) is 42.6 Å². The van der Waals surface area contributed by atoms with E-state index in [4.69, 9.17) is 0 Å². The van der Waals surface area contributed by atoms with Gasteiger partial charge in [-0.25, -0.2) is 9.48 Å². The normalized spacial score (nSPS) is 14.6. The van der Waals surface area contributed by atoms with Crippen LogP contribution in [0, 0.1) is 0 Å². The highest BCUT2D eigenvalue weighted by atomic mass is 32.2. The maximum atomic E-state index is 12.6. The van der Waals surface area contributed by atoms with Crippen LogP contribution >= 0.6 is 11.9 Å². The zero-order chi connectivity index (χ0) is 18.9. The Labute approximate surface area is 168 Å². The van der Waals surface area contributed by atoms with E-state index < -0.39 is 0 Å². The number of carbonyl (C=O) groups excluding carboxylic acids is 1. The van der Waals surface area contributed by atoms with Crippen molar-refractivity contribution in [1.82, 2.24) is 14.5 Å². The van der Waals surface area contributed by atoms with Crippen molar-refractivity contribution >= 4 is 23.7 Å². The van der Waals surface area contributed by atoms with Gasteiger partial charge in [0.25, 0.3) is 0 Å². The fourth-order valence-corrected chi connectivity index (χ4v) is 4.80. The highest BCUT2D eigenvalue weighted by molar-refractivity contribution is 7.97. The van der Waals surface area contributed by atoms with Crippen molar-refractivity contribution in [2.75, 3.05) is 5.32 Å². The molecule has 0 aliphatic heterocycles. The van der Waals surface area contributed by atoms with Crippen LogP contribution in [0.25, 0.3) is 5.69 Å². The van der Waals surface area contributed by atoms with Gasteiger partial charge in [-0.2, -0.15) is 5.10 Å². The van der Waals surface area contributed by atoms with Gasteiger partial charge < -0.3 is 5.32 Å². The summed E-state index contributed by atoms with van der Waals surface area (Å²) in [7, 11) is 0. The van der Waals surface area contributed by atoms with Crippen molar-refractivity contribution < 1.29 is 4.79 Å². The second-order valence-electron chi connectivity index (χ2n) is 7.33. The average Bonchev–Trinajstić information content (AvgIpc) is 3.47. The number of benzene rings is 2. The molecule has 0 fully saturated rings. The van der Waals surface area contributed by atoms with Crippen LogP contribution in [0.4, 0.5) is 10.5 Å². The topological polar surface area (TPSA) is 59.0 Å². The lowest BCUT2D eigenvalue weighted by molar-refractivity contribution is 0.257. The van der Waals surface area contributed by atoms with Crippen LogP contribution in [-0.2, 0) is 25.7 Å². The van der Waals surface area contributed by atoms with Gasteiger partial charge in [0.2, 0.25) is 0 Å². The second-order valence-corrected chi connectivity index (χ2v) is 8.15. The van der Waals surface area contributed by atoms with Crippen molar-refractivity contribution in [1.29, 1.82) is 0 Å². The summed E-state index contributed by atoms with van der Waals surface area (Å²) in [5, 5.41) is 8.41. The van der Waals surface area contributed by atoms with Crippen molar-refractivity contribution in [3.8, 4) is 5.69 Å². The molecule has 2 aliphatic rings. The molecule has 0 bridgehead atoms. The summed E-state index contributed by atoms with van der Waals surface area (Å²) in [5.41, 5.74) is 7.59. The van der Waals surface area contributed by atoms with Gasteiger partial charge in [-0.15, -0.1) is 0 Å². The number of para-hydroxylation sites is 1. The summed E-state index contributed by atoms with van der Waals surface area (Å²) < 4.78 is 4.69. The van der Waals surface area contributed by atoms with Crippen molar-refractivity contribution in [2.45, 2.75) is 43.6 Å². The standard InChI is InChI=1S/C22H22N4OS/c27-22(25-28-20-12-13-26(24-20)17-8-2-1-3-9-17)23-21-18-10-4-6-15(18)14-16-7-5-11-19(16)21/h1-3,8-9,12-14H,4-7,10-11H2,(H2,23,25,27). The summed E-state index contributed by atoms with van der Waals surface area (Å²) in [4.78, 5) is 12.6. The van der Waals surface area contributed by atoms with Gasteiger partial charge >= 0.3 is 6.03 Å². The first-order chi connectivity index (χ1) is 13.8. The van der Waals surface area contributed by atoms with Gasteiger partial charge in [-0.3, -0.25) is 4.72 Å². The number of hydrogen-bond acceptors (Lipinski definition) is 3. The number of nitrogens with zero attached hydrogens (tertiary/aromatic N) is 2. The summed E-state index contributed by atoms with van der Waals surface area (Å²) >= 11 is 1.24. The van der Waals surface area contributed by atoms with E-state index in [2.05, 4.69) is 21.2 Å². The molecule has 2 amide bonds. The molecule has 5 nitrogen and oxygen atoms in total. The molecule has 0 radical (unpaired) electrons. The van der Waals surface area contributed by atoms with Crippen LogP contribution in [0.1, 0.15) is 35.1 Å². The summed E-state index contributed by atoms with van der Waals surface area (Å²) in [6.07, 6.45) is 8.64. The maximum Gasteiger partial charge on any atom is 0.329 e. The number of urea groups is 1. The molecule has 2 N–H and O–H groups in total. The molecular weight excluding hydrogens is 368 g/mol. The quantitative estimate of drug-likeness (QED) is 0.636. The first-order valence-electron chi connectivity index (χ1n) is 9.79. The van der Waals surface area contributed by atoms with Crippen LogP contribution in [0.3, 0.4) is 0 Å². The zero-order valence-electron chi connectivity index (χ0n) is 15.6. The highest BCUT2D eigenvalue weighted by Crippen LogP contribution is 2.38. The lowest BCUT2D eigenvalue weighted by Gasteiger charge is -2.16. The molecule has 5 rings (SSSR count). The fraction of sp³-hybridized carbons (Fsp3) is 0.273. The molecule has 0 saturated heterocycles. The predicted octanol–water partition coefficient (Wildman–Crippen LogP) is 4.68. The third-order valence-corrected chi connectivity index (χ3v) is 6.26. The van der Waals surface area contributed by atoms with E-state index in [0.29, 0.717) is 0 Å². The van der Waals surface area contributed by atoms with Gasteiger partial charge in [0.1, 0.15) is 5.03 Å². The van der Waals surface area contributed by atoms with Crippen LogP contribution in [0.5, 0.6) is 0 Å². The number of aromatic nitrogens is 2. The Hall–Kier alpha value is -2.73. The summed E-state index contributed by atoms with van der Waals surface area (Å²) in [6, 6.07) is 14.0. The monoisotopic (exact) mass is 390 g/mol. The Morgan fingerprint density at radius 3 is 2.39 bits per heavy atom. The molecule has 0 saturated carbocycles. The first-order valence-corrected chi connectivity index (χ1v) is 10.6. The number of amides is 2. The molecule has 6 heteroatoms. The summed E-state index contributed by atoms with van der Waals surface area (Å²) in [6.45, 7) is 0. The molecule has 2 aromatic carbocycles. The predicted molar refractivity (Wildman–Crippen MR) is 112 cm³/mol. The van der Waals surface area contributed by atoms with Crippen molar-refractivity contribution in [3.05, 3.63) is 70.9 Å². The third kappa shape index (κ3) is 3.29. The highest BCUT2D eigenvalue weighted by Gasteiger charge is 2.25. The smallest absolute Gasteiger partial charge is 0.307 e. The lowest BCUT2D eigenvalue weighted by atomic mass is 9.99. The number of carbonyl (C=O) groups is 1. The minimum Gasteiger partial charge on any atom is -0.307 e. The maximum absolute atomic E-state index is 12.6. The van der Waals surface area contributed by atoms with Gasteiger partial charge in [0.05, 0.1) is 5.69 Å². The van der Waals surface area contributed by atoms with Crippen LogP contribution in [0.2, 0.25) is 0 Å². The number of hydrogen-bond donors (Lipinski definition) is 2. The molecule has 1 aromatic heterocycles. The molecule has 0 atom stereocenters. The third-order valence-electron chi connectivity index (χ3n) is 5.55. The molecular formula is C22H22N4OS. The Morgan fingerprint density at radius 1 is 0.964 bits per heavy atom. The molecule has 3 aromatic rings. The van der Waals surface area contributed by atoms with Crippen LogP contribution in [0.15, 0.2) is 53.7 Å². The minimum atomic E-state index is -0.186. The van der Waals surface area contributed by atoms with Crippen molar-refractivity contribution in [2.24, 2.45) is 0 Å². The van der Waals surface area contributed by atoms with Gasteiger partial charge in [-0.1, -0.05) is 24.3 Å². The van der Waals surface area contributed by atoms with E-state index in [1.165, 1.54) is 47.0 Å². The van der Waals surface area contributed by atoms with E-state index in [-0.39, 0.29) is 6.03 Å². The molecule has 1 heterocycles. The second kappa shape index (κ2) is 7.36. The lowest BCUT2D eigenvalue weighted by Crippen LogP contribution is -2.24. The van der Waals surface area contributed by atoms with E-state index in [0.717, 1.165) is 42.1 Å². The van der Waals surface area contributed by atoms with Crippen molar-refractivity contribution in [3.63, 3.8) is 0 Å². The molecule has 0 unspecified atom stereocenters. The Balaban J connectivity index is 1.28. The molecule has 2 aliphatic carbocycles. The van der Waals surface area contributed by atoms with E-state index >= 15 is 0 Å². The Kier molecular flexibility index (Phi) is 4.56. The Morgan fingerprint density at radius 2 is 1.68 bits per heavy atom. The number of fused-ring (bicyclic) bond motifs is 2. The minimum absolute atomic E-state index is 0.186. The molecule has 28 heavy (non-hydrogen) atoms. The number of rotatable bonds is 4. The van der Waals surface area contributed by atoms with Gasteiger partial charge in [0, 0.05) is 23.8 Å². The number of nitrogens with one attached hydrogen (secondary N) is 2. The fourth-order valence-electron chi connectivity index (χ4n) is 4.29. The first kappa shape index (κ1) is 17.4. The van der Waals surface area contributed by atoms with E-state index in [1.54, 1.807) is 4.68 Å². The zero-order valence-corrected chi connectivity index (χ0v) is 16.4. The van der Waals surface area contributed by atoms with E-state index in [9.17, 15) is 4.79 Å². The number of aryl methyl sites for hydroxylation is 2. The van der Waals surface area contributed by atoms with Crippen LogP contribution in [-0.4, -0.2) is 15.8 Å². The molecule has 142 valence electrons. The van der Waals surface area contributed by atoms with Gasteiger partial charge in [0.15, 0.2) is 0 Å². The molecule has 0 spiro atoms. The number of anilines is 1. The summed E-state index contributed by atoms with van der Waals surface area (Å²) in [5.74, 6) is 0. The van der Waals surface area contributed by atoms with Crippen LogP contribution < -0.4 is 10.0 Å². The largest absolute Gasteiger partial charge is 0.329 e. The van der Waals surface area contributed by atoms with Gasteiger partial charge in [-0.05, 0) is 79.0 Å².